The molecule has 2 aromatic carbocycles. The number of nitrogens with one attached hydrogen (secondary N) is 1. The Hall–Kier alpha value is -2.93. The Morgan fingerprint density at radius 2 is 1.64 bits per heavy atom. The summed E-state index contributed by atoms with van der Waals surface area (Å²) in [6.45, 7) is 4.09. The number of amides is 1. The van der Waals surface area contributed by atoms with E-state index in [-0.39, 0.29) is 5.91 Å². The summed E-state index contributed by atoms with van der Waals surface area (Å²) in [5.74, 6) is 1.37. The quantitative estimate of drug-likeness (QED) is 0.764. The maximum atomic E-state index is 12.4. The van der Waals surface area contributed by atoms with Crippen LogP contribution in [0.1, 0.15) is 16.7 Å². The summed E-state index contributed by atoms with van der Waals surface area (Å²) in [6, 6.07) is 9.53. The van der Waals surface area contributed by atoms with Crippen molar-refractivity contribution >= 4 is 34.6 Å². The summed E-state index contributed by atoms with van der Waals surface area (Å²) in [6.07, 6.45) is 1.77. The molecule has 2 aromatic rings. The van der Waals surface area contributed by atoms with E-state index in [9.17, 15) is 4.79 Å². The first-order chi connectivity index (χ1) is 13.4. The third-order valence-electron chi connectivity index (χ3n) is 4.36. The van der Waals surface area contributed by atoms with Gasteiger partial charge in [0.15, 0.2) is 16.7 Å². The second kappa shape index (κ2) is 8.39. The summed E-state index contributed by atoms with van der Waals surface area (Å²) in [4.78, 5) is 17.4. The normalized spacial score (nSPS) is 16.4. The van der Waals surface area contributed by atoms with Gasteiger partial charge >= 0.3 is 0 Å². The number of amidine groups is 1. The first-order valence-corrected chi connectivity index (χ1v) is 9.43. The second-order valence-corrected chi connectivity index (χ2v) is 7.24. The number of benzene rings is 2. The van der Waals surface area contributed by atoms with Gasteiger partial charge in [-0.1, -0.05) is 6.07 Å². The van der Waals surface area contributed by atoms with E-state index in [0.717, 1.165) is 16.8 Å². The molecular weight excluding hydrogens is 376 g/mol. The first-order valence-electron chi connectivity index (χ1n) is 8.62. The minimum atomic E-state index is -0.193. The topological polar surface area (TPSA) is 69.2 Å². The molecule has 1 heterocycles. The van der Waals surface area contributed by atoms with E-state index in [2.05, 4.69) is 17.2 Å². The number of nitrogens with zero attached hydrogens (tertiary/aromatic N) is 1. The molecule has 1 N–H and O–H groups in total. The minimum absolute atomic E-state index is 0.193. The number of methoxy groups -OCH3 is 3. The molecule has 7 heteroatoms. The van der Waals surface area contributed by atoms with Gasteiger partial charge in [-0.15, -0.1) is 0 Å². The minimum Gasteiger partial charge on any atom is -0.493 e. The molecule has 0 radical (unpaired) electrons. The van der Waals surface area contributed by atoms with E-state index >= 15 is 0 Å². The molecule has 28 heavy (non-hydrogen) atoms. The lowest BCUT2D eigenvalue weighted by molar-refractivity contribution is -0.115. The van der Waals surface area contributed by atoms with Gasteiger partial charge in [0.25, 0.3) is 5.91 Å². The van der Waals surface area contributed by atoms with E-state index < -0.39 is 0 Å². The smallest absolute Gasteiger partial charge is 0.264 e. The number of aryl methyl sites for hydroxylation is 2. The zero-order chi connectivity index (χ0) is 20.3. The first kappa shape index (κ1) is 19.8. The lowest BCUT2D eigenvalue weighted by Crippen LogP contribution is -2.19. The average molecular weight is 398 g/mol. The lowest BCUT2D eigenvalue weighted by Gasteiger charge is -2.12. The molecule has 1 aliphatic rings. The zero-order valence-electron chi connectivity index (χ0n) is 16.5. The summed E-state index contributed by atoms with van der Waals surface area (Å²) in [5, 5.41) is 3.35. The van der Waals surface area contributed by atoms with Crippen LogP contribution >= 0.6 is 11.8 Å². The molecule has 0 aliphatic carbocycles. The fraction of sp³-hybridized carbons (Fsp3) is 0.238. The Morgan fingerprint density at radius 3 is 2.21 bits per heavy atom. The SMILES string of the molecule is COc1cc(C=C2SC(=Nc3ccc(C)c(C)c3)NC2=O)cc(OC)c1OC. The molecule has 1 fully saturated rings. The Balaban J connectivity index is 1.90. The summed E-state index contributed by atoms with van der Waals surface area (Å²) in [7, 11) is 4.66. The molecule has 0 aromatic heterocycles. The molecule has 1 aliphatic heterocycles. The van der Waals surface area contributed by atoms with Crippen molar-refractivity contribution in [2.45, 2.75) is 13.8 Å². The van der Waals surface area contributed by atoms with Crippen LogP contribution in [0.15, 0.2) is 40.2 Å². The lowest BCUT2D eigenvalue weighted by atomic mass is 10.1. The van der Waals surface area contributed by atoms with E-state index in [4.69, 9.17) is 14.2 Å². The molecule has 0 bridgehead atoms. The second-order valence-electron chi connectivity index (χ2n) is 6.21. The standard InChI is InChI=1S/C21H22N2O4S/c1-12-6-7-15(8-13(12)2)22-21-23-20(24)18(28-21)11-14-9-16(25-3)19(27-5)17(10-14)26-4/h6-11H,1-5H3,(H,22,23,24). The molecular formula is C21H22N2O4S. The monoisotopic (exact) mass is 398 g/mol. The number of hydrogen-bond acceptors (Lipinski definition) is 6. The van der Waals surface area contributed by atoms with Gasteiger partial charge in [-0.3, -0.25) is 4.79 Å². The number of aliphatic imine (C=N–C) groups is 1. The Kier molecular flexibility index (Phi) is 5.94. The molecule has 0 spiro atoms. The van der Waals surface area contributed by atoms with Crippen LogP contribution in [0.4, 0.5) is 5.69 Å². The van der Waals surface area contributed by atoms with Crippen molar-refractivity contribution in [1.29, 1.82) is 0 Å². The predicted molar refractivity (Wildman–Crippen MR) is 113 cm³/mol. The van der Waals surface area contributed by atoms with Gasteiger partial charge in [-0.05, 0) is 72.6 Å². The highest BCUT2D eigenvalue weighted by atomic mass is 32.2. The van der Waals surface area contributed by atoms with E-state index in [1.54, 1.807) is 39.5 Å². The highest BCUT2D eigenvalue weighted by Crippen LogP contribution is 2.39. The van der Waals surface area contributed by atoms with Crippen molar-refractivity contribution in [2.75, 3.05) is 21.3 Å². The third kappa shape index (κ3) is 4.14. The molecule has 1 amide bonds. The van der Waals surface area contributed by atoms with Crippen molar-refractivity contribution in [3.05, 3.63) is 51.9 Å². The molecule has 1 saturated heterocycles. The van der Waals surface area contributed by atoms with Gasteiger partial charge in [0.2, 0.25) is 5.75 Å². The third-order valence-corrected chi connectivity index (χ3v) is 5.27. The van der Waals surface area contributed by atoms with Crippen molar-refractivity contribution in [1.82, 2.24) is 5.32 Å². The van der Waals surface area contributed by atoms with Gasteiger partial charge in [0, 0.05) is 0 Å². The zero-order valence-corrected chi connectivity index (χ0v) is 17.3. The van der Waals surface area contributed by atoms with Crippen LogP contribution in [0, 0.1) is 13.8 Å². The van der Waals surface area contributed by atoms with Crippen LogP contribution in [0.25, 0.3) is 6.08 Å². The van der Waals surface area contributed by atoms with Crippen LogP contribution < -0.4 is 19.5 Å². The Labute approximate surface area is 168 Å². The Bertz CT molecular complexity index is 957. The number of hydrogen-bond donors (Lipinski definition) is 1. The Morgan fingerprint density at radius 1 is 0.964 bits per heavy atom. The van der Waals surface area contributed by atoms with E-state index in [0.29, 0.717) is 27.3 Å². The van der Waals surface area contributed by atoms with Crippen LogP contribution in [0.5, 0.6) is 17.2 Å². The molecule has 3 rings (SSSR count). The van der Waals surface area contributed by atoms with Crippen molar-refractivity contribution < 1.29 is 19.0 Å². The predicted octanol–water partition coefficient (Wildman–Crippen LogP) is 4.22. The van der Waals surface area contributed by atoms with Crippen molar-refractivity contribution in [3.63, 3.8) is 0 Å². The fourth-order valence-electron chi connectivity index (χ4n) is 2.73. The number of rotatable bonds is 5. The van der Waals surface area contributed by atoms with Crippen molar-refractivity contribution in [3.8, 4) is 17.2 Å². The van der Waals surface area contributed by atoms with Crippen LogP contribution in [-0.4, -0.2) is 32.4 Å². The van der Waals surface area contributed by atoms with Crippen molar-refractivity contribution in [2.24, 2.45) is 4.99 Å². The summed E-state index contributed by atoms with van der Waals surface area (Å²) in [5.41, 5.74) is 3.93. The summed E-state index contributed by atoms with van der Waals surface area (Å²) >= 11 is 1.29. The number of carbonyl (C=O) groups excluding carboxylic acids is 1. The van der Waals surface area contributed by atoms with Gasteiger partial charge in [-0.25, -0.2) is 4.99 Å². The van der Waals surface area contributed by atoms with E-state index in [1.807, 2.05) is 25.1 Å². The van der Waals surface area contributed by atoms with Crippen LogP contribution in [0.3, 0.4) is 0 Å². The largest absolute Gasteiger partial charge is 0.493 e. The van der Waals surface area contributed by atoms with Gasteiger partial charge in [0.1, 0.15) is 0 Å². The summed E-state index contributed by atoms with van der Waals surface area (Å²) < 4.78 is 16.1. The highest BCUT2D eigenvalue weighted by Gasteiger charge is 2.24. The molecule has 146 valence electrons. The average Bonchev–Trinajstić information content (AvgIpc) is 3.02. The molecule has 0 saturated carbocycles. The number of ether oxygens (including phenoxy) is 3. The highest BCUT2D eigenvalue weighted by molar-refractivity contribution is 8.18. The number of thioether (sulfide) groups is 1. The maximum Gasteiger partial charge on any atom is 0.264 e. The van der Waals surface area contributed by atoms with E-state index in [1.165, 1.54) is 17.3 Å². The van der Waals surface area contributed by atoms with Crippen LogP contribution in [-0.2, 0) is 4.79 Å². The van der Waals surface area contributed by atoms with Gasteiger partial charge in [0.05, 0.1) is 31.9 Å². The van der Waals surface area contributed by atoms with Crippen LogP contribution in [0.2, 0.25) is 0 Å². The van der Waals surface area contributed by atoms with Gasteiger partial charge in [-0.2, -0.15) is 0 Å². The molecule has 0 unspecified atom stereocenters. The fourth-order valence-corrected chi connectivity index (χ4v) is 3.57. The number of carbonyl (C=O) groups is 1. The maximum absolute atomic E-state index is 12.4. The molecule has 6 nitrogen and oxygen atoms in total. The van der Waals surface area contributed by atoms with Gasteiger partial charge < -0.3 is 19.5 Å². The molecule has 0 atom stereocenters.